The minimum absolute atomic E-state index is 0.169. The van der Waals surface area contributed by atoms with Crippen LogP contribution in [0.3, 0.4) is 0 Å². The van der Waals surface area contributed by atoms with Gasteiger partial charge in [0.15, 0.2) is 0 Å². The molecule has 16 heavy (non-hydrogen) atoms. The Labute approximate surface area is 109 Å². The first-order valence-electron chi connectivity index (χ1n) is 5.66. The molecule has 0 aliphatic heterocycles. The van der Waals surface area contributed by atoms with E-state index in [1.807, 2.05) is 6.07 Å². The number of benzene rings is 1. The first-order valence-corrected chi connectivity index (χ1v) is 6.95. The van der Waals surface area contributed by atoms with Crippen LogP contribution in [0.15, 0.2) is 18.2 Å². The van der Waals surface area contributed by atoms with Crippen molar-refractivity contribution in [3.63, 3.8) is 0 Å². The van der Waals surface area contributed by atoms with E-state index in [2.05, 4.69) is 22.9 Å². The van der Waals surface area contributed by atoms with E-state index in [-0.39, 0.29) is 5.82 Å². The molecule has 0 nitrogen and oxygen atoms in total. The van der Waals surface area contributed by atoms with Gasteiger partial charge in [-0.2, -0.15) is 0 Å². The Morgan fingerprint density at radius 1 is 1.44 bits per heavy atom. The summed E-state index contributed by atoms with van der Waals surface area (Å²) in [7, 11) is 0. The smallest absolute Gasteiger partial charge is 0.127 e. The minimum Gasteiger partial charge on any atom is -0.207 e. The highest BCUT2D eigenvalue weighted by Crippen LogP contribution is 2.38. The molecule has 0 heterocycles. The number of rotatable bonds is 2. The average molecular weight is 306 g/mol. The summed E-state index contributed by atoms with van der Waals surface area (Å²) in [6.07, 6.45) is 3.20. The van der Waals surface area contributed by atoms with Crippen molar-refractivity contribution in [2.24, 2.45) is 11.8 Å². The third-order valence-corrected chi connectivity index (χ3v) is 5.15. The van der Waals surface area contributed by atoms with Gasteiger partial charge in [0.2, 0.25) is 0 Å². The molecule has 0 spiro atoms. The zero-order chi connectivity index (χ0) is 11.7. The first kappa shape index (κ1) is 12.4. The Balaban J connectivity index is 2.09. The van der Waals surface area contributed by atoms with Gasteiger partial charge in [-0.25, -0.2) is 4.39 Å². The Bertz CT molecular complexity index is 380. The van der Waals surface area contributed by atoms with Gasteiger partial charge in [-0.1, -0.05) is 40.5 Å². The van der Waals surface area contributed by atoms with Crippen molar-refractivity contribution in [1.82, 2.24) is 0 Å². The lowest BCUT2D eigenvalue weighted by molar-refractivity contribution is 0.416. The van der Waals surface area contributed by atoms with E-state index in [0.717, 1.165) is 12.0 Å². The van der Waals surface area contributed by atoms with E-state index in [9.17, 15) is 4.39 Å². The summed E-state index contributed by atoms with van der Waals surface area (Å²) >= 11 is 9.41. The van der Waals surface area contributed by atoms with Crippen LogP contribution in [0.5, 0.6) is 0 Å². The van der Waals surface area contributed by atoms with E-state index in [4.69, 9.17) is 11.6 Å². The standard InChI is InChI=1S/C13H15BrClF/c1-8-9(3-5-12(8)14)6-10-2-4-11(15)7-13(10)16/h2,4,7-9,12H,3,5-6H2,1H3. The molecular weight excluding hydrogens is 290 g/mol. The summed E-state index contributed by atoms with van der Waals surface area (Å²) in [6.45, 7) is 2.24. The maximum Gasteiger partial charge on any atom is 0.127 e. The summed E-state index contributed by atoms with van der Waals surface area (Å²) in [5, 5.41) is 0.471. The van der Waals surface area contributed by atoms with Crippen molar-refractivity contribution >= 4 is 27.5 Å². The average Bonchev–Trinajstić information content (AvgIpc) is 2.54. The largest absolute Gasteiger partial charge is 0.207 e. The highest BCUT2D eigenvalue weighted by Gasteiger charge is 2.31. The molecule has 0 N–H and O–H groups in total. The van der Waals surface area contributed by atoms with Gasteiger partial charge >= 0.3 is 0 Å². The zero-order valence-corrected chi connectivity index (χ0v) is 11.6. The third-order valence-electron chi connectivity index (χ3n) is 3.62. The van der Waals surface area contributed by atoms with Crippen molar-refractivity contribution in [1.29, 1.82) is 0 Å². The number of alkyl halides is 1. The van der Waals surface area contributed by atoms with Gasteiger partial charge in [0.05, 0.1) is 0 Å². The van der Waals surface area contributed by atoms with Crippen LogP contribution in [0.2, 0.25) is 5.02 Å². The monoisotopic (exact) mass is 304 g/mol. The normalized spacial score (nSPS) is 29.6. The van der Waals surface area contributed by atoms with E-state index in [0.29, 0.717) is 21.7 Å². The second kappa shape index (κ2) is 5.05. The number of halogens is 3. The van der Waals surface area contributed by atoms with Crippen molar-refractivity contribution < 1.29 is 4.39 Å². The predicted octanol–water partition coefficient (Wildman–Crippen LogP) is 4.83. The molecule has 0 aromatic heterocycles. The Kier molecular flexibility index (Phi) is 3.91. The van der Waals surface area contributed by atoms with Crippen LogP contribution in [-0.2, 0) is 6.42 Å². The van der Waals surface area contributed by atoms with Crippen LogP contribution in [0.4, 0.5) is 4.39 Å². The van der Waals surface area contributed by atoms with Gasteiger partial charge in [-0.3, -0.25) is 0 Å². The van der Waals surface area contributed by atoms with Crippen molar-refractivity contribution in [3.05, 3.63) is 34.6 Å². The molecule has 1 aliphatic carbocycles. The topological polar surface area (TPSA) is 0 Å². The van der Waals surface area contributed by atoms with E-state index >= 15 is 0 Å². The summed E-state index contributed by atoms with van der Waals surface area (Å²) in [6, 6.07) is 4.99. The summed E-state index contributed by atoms with van der Waals surface area (Å²) in [5.74, 6) is 1.04. The maximum absolute atomic E-state index is 13.6. The molecular formula is C13H15BrClF. The van der Waals surface area contributed by atoms with Gasteiger partial charge in [-0.15, -0.1) is 0 Å². The lowest BCUT2D eigenvalue weighted by atomic mass is 9.91. The van der Waals surface area contributed by atoms with Crippen molar-refractivity contribution in [2.75, 3.05) is 0 Å². The fourth-order valence-electron chi connectivity index (χ4n) is 2.45. The third kappa shape index (κ3) is 2.60. The molecule has 0 saturated heterocycles. The Morgan fingerprint density at radius 2 is 2.19 bits per heavy atom. The minimum atomic E-state index is -0.169. The van der Waals surface area contributed by atoms with Crippen molar-refractivity contribution in [2.45, 2.75) is 31.0 Å². The molecule has 0 bridgehead atoms. The molecule has 0 radical (unpaired) electrons. The molecule has 0 amide bonds. The van der Waals surface area contributed by atoms with Crippen LogP contribution >= 0.6 is 27.5 Å². The number of hydrogen-bond donors (Lipinski definition) is 0. The lowest BCUT2D eigenvalue weighted by Gasteiger charge is -2.17. The summed E-state index contributed by atoms with van der Waals surface area (Å²) in [5.41, 5.74) is 0.794. The molecule has 3 atom stereocenters. The van der Waals surface area contributed by atoms with Crippen molar-refractivity contribution in [3.8, 4) is 0 Å². The van der Waals surface area contributed by atoms with Crippen LogP contribution in [0.1, 0.15) is 25.3 Å². The second-order valence-electron chi connectivity index (χ2n) is 4.65. The second-order valence-corrected chi connectivity index (χ2v) is 6.26. The quantitative estimate of drug-likeness (QED) is 0.686. The Hall–Kier alpha value is -0.0800. The predicted molar refractivity (Wildman–Crippen MR) is 69.7 cm³/mol. The van der Waals surface area contributed by atoms with Crippen LogP contribution in [0, 0.1) is 17.7 Å². The molecule has 1 aromatic rings. The molecule has 1 saturated carbocycles. The van der Waals surface area contributed by atoms with Crippen LogP contribution < -0.4 is 0 Å². The fourth-order valence-corrected chi connectivity index (χ4v) is 3.31. The van der Waals surface area contributed by atoms with E-state index in [1.165, 1.54) is 18.9 Å². The number of hydrogen-bond acceptors (Lipinski definition) is 0. The molecule has 1 fully saturated rings. The van der Waals surface area contributed by atoms with E-state index in [1.54, 1.807) is 6.07 Å². The molecule has 88 valence electrons. The zero-order valence-electron chi connectivity index (χ0n) is 9.22. The highest BCUT2D eigenvalue weighted by atomic mass is 79.9. The van der Waals surface area contributed by atoms with Crippen LogP contribution in [-0.4, -0.2) is 4.83 Å². The SMILES string of the molecule is CC1C(Br)CCC1Cc1ccc(Cl)cc1F. The maximum atomic E-state index is 13.6. The first-order chi connectivity index (χ1) is 7.58. The molecule has 3 unspecified atom stereocenters. The summed E-state index contributed by atoms with van der Waals surface area (Å²) in [4.78, 5) is 0.591. The van der Waals surface area contributed by atoms with Gasteiger partial charge in [0.25, 0.3) is 0 Å². The Morgan fingerprint density at radius 3 is 2.75 bits per heavy atom. The van der Waals surface area contributed by atoms with Gasteiger partial charge in [0.1, 0.15) is 5.82 Å². The summed E-state index contributed by atoms with van der Waals surface area (Å²) < 4.78 is 13.6. The molecule has 3 heteroatoms. The fraction of sp³-hybridized carbons (Fsp3) is 0.538. The highest BCUT2D eigenvalue weighted by molar-refractivity contribution is 9.09. The van der Waals surface area contributed by atoms with Gasteiger partial charge in [0, 0.05) is 9.85 Å². The lowest BCUT2D eigenvalue weighted by Crippen LogP contribution is -2.13. The molecule has 1 aliphatic rings. The van der Waals surface area contributed by atoms with Gasteiger partial charge < -0.3 is 0 Å². The van der Waals surface area contributed by atoms with Gasteiger partial charge in [-0.05, 0) is 48.8 Å². The molecule has 2 rings (SSSR count). The van der Waals surface area contributed by atoms with E-state index < -0.39 is 0 Å². The van der Waals surface area contributed by atoms with Crippen LogP contribution in [0.25, 0.3) is 0 Å². The molecule has 1 aromatic carbocycles.